The average molecular weight is 353 g/mol. The van der Waals surface area contributed by atoms with Gasteiger partial charge in [0.1, 0.15) is 0 Å². The lowest BCUT2D eigenvalue weighted by atomic mass is 10.1. The maximum atomic E-state index is 4.30. The maximum Gasteiger partial charge on any atom is 0.191 e. The molecule has 1 aromatic carbocycles. The topological polar surface area (TPSA) is 54.2 Å². The van der Waals surface area contributed by atoms with Crippen LogP contribution >= 0.6 is 11.3 Å². The highest BCUT2D eigenvalue weighted by atomic mass is 32.1. The molecule has 25 heavy (non-hydrogen) atoms. The lowest BCUT2D eigenvalue weighted by Gasteiger charge is -2.12. The summed E-state index contributed by atoms with van der Waals surface area (Å²) in [7, 11) is 1.80. The van der Waals surface area contributed by atoms with Crippen molar-refractivity contribution >= 4 is 17.3 Å². The van der Waals surface area contributed by atoms with E-state index >= 15 is 0 Å². The fraction of sp³-hybridized carbons (Fsp3) is 0.263. The van der Waals surface area contributed by atoms with Gasteiger partial charge in [-0.2, -0.15) is 0 Å². The Bertz CT molecular complexity index is 820. The third-order valence-electron chi connectivity index (χ3n) is 3.98. The summed E-state index contributed by atoms with van der Waals surface area (Å²) < 4.78 is 2.07. The molecule has 3 aromatic rings. The molecule has 0 aliphatic heterocycles. The van der Waals surface area contributed by atoms with Crippen LogP contribution in [0.4, 0.5) is 0 Å². The quantitative estimate of drug-likeness (QED) is 0.529. The van der Waals surface area contributed by atoms with E-state index in [1.165, 1.54) is 21.6 Å². The van der Waals surface area contributed by atoms with Gasteiger partial charge in [-0.25, -0.2) is 4.98 Å². The van der Waals surface area contributed by atoms with E-state index in [2.05, 4.69) is 67.8 Å². The molecule has 0 radical (unpaired) electrons. The van der Waals surface area contributed by atoms with Crippen LogP contribution in [0.2, 0.25) is 0 Å². The van der Waals surface area contributed by atoms with Gasteiger partial charge in [-0.15, -0.1) is 11.3 Å². The van der Waals surface area contributed by atoms with Gasteiger partial charge in [-0.1, -0.05) is 24.3 Å². The predicted molar refractivity (Wildman–Crippen MR) is 104 cm³/mol. The van der Waals surface area contributed by atoms with Gasteiger partial charge in [0.05, 0.1) is 12.9 Å². The summed E-state index contributed by atoms with van der Waals surface area (Å²) in [5.41, 5.74) is 3.81. The number of aryl methyl sites for hydroxylation is 1. The van der Waals surface area contributed by atoms with E-state index in [1.54, 1.807) is 24.6 Å². The van der Waals surface area contributed by atoms with Crippen molar-refractivity contribution in [2.75, 3.05) is 7.05 Å². The van der Waals surface area contributed by atoms with E-state index in [0.29, 0.717) is 0 Å². The second-order valence-electron chi connectivity index (χ2n) is 5.86. The van der Waals surface area contributed by atoms with Crippen LogP contribution in [0.3, 0.4) is 0 Å². The van der Waals surface area contributed by atoms with Gasteiger partial charge in [0.25, 0.3) is 0 Å². The van der Waals surface area contributed by atoms with Gasteiger partial charge in [0, 0.05) is 37.4 Å². The van der Waals surface area contributed by atoms with Gasteiger partial charge in [0.15, 0.2) is 5.96 Å². The van der Waals surface area contributed by atoms with Crippen molar-refractivity contribution in [3.8, 4) is 0 Å². The Kier molecular flexibility index (Phi) is 5.85. The Balaban J connectivity index is 1.54. The number of imidazole rings is 1. The molecule has 0 aliphatic carbocycles. The molecule has 130 valence electrons. The van der Waals surface area contributed by atoms with Crippen molar-refractivity contribution in [3.05, 3.63) is 76.0 Å². The van der Waals surface area contributed by atoms with Gasteiger partial charge in [-0.05, 0) is 35.1 Å². The molecule has 2 heterocycles. The third-order valence-corrected chi connectivity index (χ3v) is 5.01. The lowest BCUT2D eigenvalue weighted by Crippen LogP contribution is -2.36. The molecule has 0 atom stereocenters. The molecular weight excluding hydrogens is 330 g/mol. The second-order valence-corrected chi connectivity index (χ2v) is 6.86. The first-order valence-corrected chi connectivity index (χ1v) is 9.13. The van der Waals surface area contributed by atoms with E-state index < -0.39 is 0 Å². The summed E-state index contributed by atoms with van der Waals surface area (Å²) in [4.78, 5) is 9.73. The Hall–Kier alpha value is -2.60. The summed E-state index contributed by atoms with van der Waals surface area (Å²) in [6.07, 6.45) is 5.61. The molecule has 0 saturated carbocycles. The SMILES string of the molecule is CN=C(NCc1cccc(Cn2ccnc2)c1)NCc1sccc1C. The molecule has 6 heteroatoms. The smallest absolute Gasteiger partial charge is 0.191 e. The summed E-state index contributed by atoms with van der Waals surface area (Å²) in [6.45, 7) is 4.50. The molecule has 0 bridgehead atoms. The standard InChI is InChI=1S/C19H23N5S/c1-15-6-9-25-18(15)12-23-19(20-2)22-11-16-4-3-5-17(10-16)13-24-8-7-21-14-24/h3-10,14H,11-13H2,1-2H3,(H2,20,22,23). The highest BCUT2D eigenvalue weighted by molar-refractivity contribution is 7.10. The number of rotatable bonds is 6. The van der Waals surface area contributed by atoms with Crippen molar-refractivity contribution in [1.29, 1.82) is 0 Å². The molecule has 0 unspecified atom stereocenters. The molecule has 0 aliphatic rings. The number of guanidine groups is 1. The van der Waals surface area contributed by atoms with Crippen molar-refractivity contribution in [2.24, 2.45) is 4.99 Å². The predicted octanol–water partition coefficient (Wildman–Crippen LogP) is 3.17. The molecule has 2 N–H and O–H groups in total. The number of hydrogen-bond acceptors (Lipinski definition) is 3. The fourth-order valence-electron chi connectivity index (χ4n) is 2.58. The summed E-state index contributed by atoms with van der Waals surface area (Å²) in [5.74, 6) is 0.813. The molecule has 0 amide bonds. The second kappa shape index (κ2) is 8.48. The summed E-state index contributed by atoms with van der Waals surface area (Å²) in [5, 5.41) is 8.87. The lowest BCUT2D eigenvalue weighted by molar-refractivity contribution is 0.788. The van der Waals surface area contributed by atoms with E-state index in [9.17, 15) is 0 Å². The van der Waals surface area contributed by atoms with Crippen LogP contribution in [-0.4, -0.2) is 22.6 Å². The number of aromatic nitrogens is 2. The largest absolute Gasteiger partial charge is 0.352 e. The van der Waals surface area contributed by atoms with Crippen LogP contribution in [0.1, 0.15) is 21.6 Å². The van der Waals surface area contributed by atoms with Crippen LogP contribution in [0.25, 0.3) is 0 Å². The number of hydrogen-bond donors (Lipinski definition) is 2. The monoisotopic (exact) mass is 353 g/mol. The Morgan fingerprint density at radius 1 is 1.20 bits per heavy atom. The first kappa shape index (κ1) is 17.2. The Morgan fingerprint density at radius 2 is 2.04 bits per heavy atom. The minimum atomic E-state index is 0.737. The molecule has 0 spiro atoms. The maximum absolute atomic E-state index is 4.30. The zero-order chi connectivity index (χ0) is 17.5. The molecule has 0 fully saturated rings. The first-order chi connectivity index (χ1) is 12.2. The van der Waals surface area contributed by atoms with Crippen molar-refractivity contribution in [2.45, 2.75) is 26.6 Å². The van der Waals surface area contributed by atoms with Crippen LogP contribution in [0.5, 0.6) is 0 Å². The normalized spacial score (nSPS) is 11.5. The number of nitrogens with zero attached hydrogens (tertiary/aromatic N) is 3. The van der Waals surface area contributed by atoms with Crippen LogP contribution in [0.15, 0.2) is 59.4 Å². The van der Waals surface area contributed by atoms with E-state index in [4.69, 9.17) is 0 Å². The Labute approximate surface area is 152 Å². The molecule has 5 nitrogen and oxygen atoms in total. The van der Waals surface area contributed by atoms with E-state index in [1.807, 2.05) is 12.5 Å². The minimum Gasteiger partial charge on any atom is -0.352 e. The first-order valence-electron chi connectivity index (χ1n) is 8.25. The zero-order valence-electron chi connectivity index (χ0n) is 14.6. The zero-order valence-corrected chi connectivity index (χ0v) is 15.4. The minimum absolute atomic E-state index is 0.737. The van der Waals surface area contributed by atoms with E-state index in [0.717, 1.165) is 25.6 Å². The average Bonchev–Trinajstić information content (AvgIpc) is 3.27. The van der Waals surface area contributed by atoms with Crippen molar-refractivity contribution in [3.63, 3.8) is 0 Å². The van der Waals surface area contributed by atoms with E-state index in [-0.39, 0.29) is 0 Å². The van der Waals surface area contributed by atoms with Gasteiger partial charge in [0.2, 0.25) is 0 Å². The van der Waals surface area contributed by atoms with Crippen LogP contribution < -0.4 is 10.6 Å². The number of benzene rings is 1. The third kappa shape index (κ3) is 4.93. The number of nitrogens with one attached hydrogen (secondary N) is 2. The summed E-state index contributed by atoms with van der Waals surface area (Å²) in [6, 6.07) is 10.7. The van der Waals surface area contributed by atoms with Crippen molar-refractivity contribution < 1.29 is 0 Å². The Morgan fingerprint density at radius 3 is 2.76 bits per heavy atom. The van der Waals surface area contributed by atoms with Gasteiger partial charge >= 0.3 is 0 Å². The van der Waals surface area contributed by atoms with Gasteiger partial charge in [-0.3, -0.25) is 4.99 Å². The van der Waals surface area contributed by atoms with Crippen LogP contribution in [-0.2, 0) is 19.6 Å². The fourth-order valence-corrected chi connectivity index (χ4v) is 3.43. The number of aliphatic imine (C=N–C) groups is 1. The molecular formula is C19H23N5S. The highest BCUT2D eigenvalue weighted by Gasteiger charge is 2.03. The molecule has 3 rings (SSSR count). The highest BCUT2D eigenvalue weighted by Crippen LogP contribution is 2.14. The van der Waals surface area contributed by atoms with Gasteiger partial charge < -0.3 is 15.2 Å². The number of thiophene rings is 1. The van der Waals surface area contributed by atoms with Crippen molar-refractivity contribution in [1.82, 2.24) is 20.2 Å². The summed E-state index contributed by atoms with van der Waals surface area (Å²) >= 11 is 1.77. The molecule has 0 saturated heterocycles. The molecule has 2 aromatic heterocycles. The van der Waals surface area contributed by atoms with Crippen LogP contribution in [0, 0.1) is 6.92 Å².